The summed E-state index contributed by atoms with van der Waals surface area (Å²) < 4.78 is 6.81. The highest BCUT2D eigenvalue weighted by atomic mass is 35.5. The number of esters is 1. The first kappa shape index (κ1) is 17.1. The van der Waals surface area contributed by atoms with Crippen molar-refractivity contribution in [3.05, 3.63) is 28.2 Å². The maximum absolute atomic E-state index is 11.4. The van der Waals surface area contributed by atoms with Gasteiger partial charge in [-0.3, -0.25) is 4.79 Å². The predicted octanol–water partition coefficient (Wildman–Crippen LogP) is 3.93. The van der Waals surface area contributed by atoms with Crippen molar-refractivity contribution < 1.29 is 9.53 Å². The number of rotatable bonds is 6. The Morgan fingerprint density at radius 1 is 1.32 bits per heavy atom. The average molecular weight is 360 g/mol. The van der Waals surface area contributed by atoms with E-state index in [1.54, 1.807) is 25.1 Å². The van der Waals surface area contributed by atoms with Crippen LogP contribution in [0.2, 0.25) is 10.0 Å². The molecule has 0 saturated heterocycles. The fraction of sp³-hybridized carbons (Fsp3) is 0.357. The van der Waals surface area contributed by atoms with Gasteiger partial charge in [-0.2, -0.15) is 0 Å². The quantitative estimate of drug-likeness (QED) is 0.577. The number of thioether (sulfide) groups is 1. The van der Waals surface area contributed by atoms with Crippen molar-refractivity contribution >= 4 is 40.9 Å². The van der Waals surface area contributed by atoms with Crippen LogP contribution in [0, 0.1) is 0 Å². The van der Waals surface area contributed by atoms with Gasteiger partial charge in [0.05, 0.1) is 17.4 Å². The molecule has 22 heavy (non-hydrogen) atoms. The van der Waals surface area contributed by atoms with Gasteiger partial charge in [0.25, 0.3) is 0 Å². The number of benzene rings is 1. The van der Waals surface area contributed by atoms with E-state index in [1.165, 1.54) is 11.8 Å². The van der Waals surface area contributed by atoms with Crippen LogP contribution in [0.25, 0.3) is 11.4 Å². The zero-order chi connectivity index (χ0) is 16.1. The Hall–Kier alpha value is -1.24. The van der Waals surface area contributed by atoms with Crippen molar-refractivity contribution in [1.29, 1.82) is 0 Å². The Labute approximate surface area is 143 Å². The molecule has 0 aliphatic rings. The van der Waals surface area contributed by atoms with Crippen LogP contribution < -0.4 is 0 Å². The summed E-state index contributed by atoms with van der Waals surface area (Å²) in [6.45, 7) is 4.78. The molecule has 0 atom stereocenters. The second kappa shape index (κ2) is 7.85. The number of aromatic nitrogens is 3. The topological polar surface area (TPSA) is 57.0 Å². The summed E-state index contributed by atoms with van der Waals surface area (Å²) in [5.41, 5.74) is 0.753. The molecule has 2 rings (SSSR count). The largest absolute Gasteiger partial charge is 0.465 e. The summed E-state index contributed by atoms with van der Waals surface area (Å²) in [5, 5.41) is 10.0. The molecule has 0 bridgehead atoms. The van der Waals surface area contributed by atoms with Crippen LogP contribution in [0.5, 0.6) is 0 Å². The number of carbonyl (C=O) groups is 1. The van der Waals surface area contributed by atoms with Crippen LogP contribution in [0.3, 0.4) is 0 Å². The molecule has 1 heterocycles. The molecule has 1 aromatic carbocycles. The van der Waals surface area contributed by atoms with Gasteiger partial charge in [0.15, 0.2) is 11.0 Å². The molecule has 0 fully saturated rings. The van der Waals surface area contributed by atoms with E-state index in [2.05, 4.69) is 10.2 Å². The summed E-state index contributed by atoms with van der Waals surface area (Å²) in [6.07, 6.45) is 0. The van der Waals surface area contributed by atoms with Gasteiger partial charge in [0.1, 0.15) is 0 Å². The molecule has 0 aliphatic heterocycles. The minimum absolute atomic E-state index is 0.195. The standard InChI is InChI=1S/C14H15Cl2N3O2S/c1-3-19-13(10-6-5-9(15)7-11(10)16)17-18-14(19)22-8-12(20)21-4-2/h5-7H,3-4,8H2,1-2H3. The van der Waals surface area contributed by atoms with Gasteiger partial charge in [-0.15, -0.1) is 10.2 Å². The molecule has 0 aliphatic carbocycles. The van der Waals surface area contributed by atoms with Crippen molar-refractivity contribution in [2.24, 2.45) is 0 Å². The second-order valence-electron chi connectivity index (χ2n) is 4.27. The van der Waals surface area contributed by atoms with E-state index < -0.39 is 0 Å². The molecule has 0 radical (unpaired) electrons. The number of hydrogen-bond donors (Lipinski definition) is 0. The fourth-order valence-corrected chi connectivity index (χ4v) is 3.17. The maximum Gasteiger partial charge on any atom is 0.316 e. The van der Waals surface area contributed by atoms with Crippen molar-refractivity contribution in [1.82, 2.24) is 14.8 Å². The molecule has 8 heteroatoms. The van der Waals surface area contributed by atoms with E-state index in [0.29, 0.717) is 34.2 Å². The summed E-state index contributed by atoms with van der Waals surface area (Å²) in [7, 11) is 0. The van der Waals surface area contributed by atoms with E-state index in [9.17, 15) is 4.79 Å². The second-order valence-corrected chi connectivity index (χ2v) is 6.05. The average Bonchev–Trinajstić information content (AvgIpc) is 2.88. The molecule has 2 aromatic rings. The summed E-state index contributed by atoms with van der Waals surface area (Å²) in [5.74, 6) is 0.570. The number of halogens is 2. The highest BCUT2D eigenvalue weighted by Gasteiger charge is 2.17. The lowest BCUT2D eigenvalue weighted by molar-refractivity contribution is -0.139. The molecule has 5 nitrogen and oxygen atoms in total. The molecule has 0 spiro atoms. The van der Waals surface area contributed by atoms with Crippen molar-refractivity contribution in [3.8, 4) is 11.4 Å². The Kier molecular flexibility index (Phi) is 6.11. The molecule has 0 saturated carbocycles. The lowest BCUT2D eigenvalue weighted by Gasteiger charge is -2.08. The Bertz CT molecular complexity index is 676. The van der Waals surface area contributed by atoms with Crippen LogP contribution in [0.15, 0.2) is 23.4 Å². The van der Waals surface area contributed by atoms with E-state index in [4.69, 9.17) is 27.9 Å². The van der Waals surface area contributed by atoms with E-state index in [-0.39, 0.29) is 11.7 Å². The van der Waals surface area contributed by atoms with E-state index >= 15 is 0 Å². The minimum atomic E-state index is -0.274. The van der Waals surface area contributed by atoms with E-state index in [1.807, 2.05) is 11.5 Å². The zero-order valence-corrected chi connectivity index (χ0v) is 14.5. The number of nitrogens with zero attached hydrogens (tertiary/aromatic N) is 3. The van der Waals surface area contributed by atoms with Crippen molar-refractivity contribution in [3.63, 3.8) is 0 Å². The van der Waals surface area contributed by atoms with Crippen molar-refractivity contribution in [2.45, 2.75) is 25.5 Å². The third kappa shape index (κ3) is 3.94. The van der Waals surface area contributed by atoms with Crippen LogP contribution in [0.1, 0.15) is 13.8 Å². The molecular weight excluding hydrogens is 345 g/mol. The van der Waals surface area contributed by atoms with Gasteiger partial charge in [0.2, 0.25) is 0 Å². The third-order valence-electron chi connectivity index (χ3n) is 2.83. The fourth-order valence-electron chi connectivity index (χ4n) is 1.88. The number of ether oxygens (including phenoxy) is 1. The molecule has 0 N–H and O–H groups in total. The van der Waals surface area contributed by atoms with Gasteiger partial charge in [-0.1, -0.05) is 35.0 Å². The first-order valence-electron chi connectivity index (χ1n) is 6.73. The predicted molar refractivity (Wildman–Crippen MR) is 88.5 cm³/mol. The molecular formula is C14H15Cl2N3O2S. The molecule has 118 valence electrons. The maximum atomic E-state index is 11.4. The van der Waals surface area contributed by atoms with Gasteiger partial charge < -0.3 is 9.30 Å². The Morgan fingerprint density at radius 3 is 2.73 bits per heavy atom. The molecule has 0 unspecified atom stereocenters. The lowest BCUT2D eigenvalue weighted by atomic mass is 10.2. The molecule has 0 amide bonds. The van der Waals surface area contributed by atoms with Gasteiger partial charge in [-0.05, 0) is 32.0 Å². The first-order chi connectivity index (χ1) is 10.6. The normalized spacial score (nSPS) is 10.7. The Morgan fingerprint density at radius 2 is 2.09 bits per heavy atom. The summed E-state index contributed by atoms with van der Waals surface area (Å²) in [6, 6.07) is 5.22. The van der Waals surface area contributed by atoms with Crippen molar-refractivity contribution in [2.75, 3.05) is 12.4 Å². The van der Waals surface area contributed by atoms with Gasteiger partial charge in [-0.25, -0.2) is 0 Å². The van der Waals surface area contributed by atoms with Crippen LogP contribution in [-0.2, 0) is 16.1 Å². The van der Waals surface area contributed by atoms with Gasteiger partial charge in [0, 0.05) is 17.1 Å². The highest BCUT2D eigenvalue weighted by Crippen LogP contribution is 2.31. The third-order valence-corrected chi connectivity index (χ3v) is 4.32. The highest BCUT2D eigenvalue weighted by molar-refractivity contribution is 7.99. The zero-order valence-electron chi connectivity index (χ0n) is 12.2. The first-order valence-corrected chi connectivity index (χ1v) is 8.48. The van der Waals surface area contributed by atoms with Gasteiger partial charge >= 0.3 is 5.97 Å². The minimum Gasteiger partial charge on any atom is -0.465 e. The number of carbonyl (C=O) groups excluding carboxylic acids is 1. The molecule has 1 aromatic heterocycles. The summed E-state index contributed by atoms with van der Waals surface area (Å²) in [4.78, 5) is 11.4. The Balaban J connectivity index is 2.25. The van der Waals surface area contributed by atoms with Crippen LogP contribution in [-0.4, -0.2) is 33.1 Å². The van der Waals surface area contributed by atoms with Crippen LogP contribution >= 0.6 is 35.0 Å². The van der Waals surface area contributed by atoms with Crippen LogP contribution in [0.4, 0.5) is 0 Å². The smallest absolute Gasteiger partial charge is 0.316 e. The monoisotopic (exact) mass is 359 g/mol. The summed E-state index contributed by atoms with van der Waals surface area (Å²) >= 11 is 13.4. The van der Waals surface area contributed by atoms with E-state index in [0.717, 1.165) is 5.56 Å². The SMILES string of the molecule is CCOC(=O)CSc1nnc(-c2ccc(Cl)cc2Cl)n1CC. The number of hydrogen-bond acceptors (Lipinski definition) is 5. The lowest BCUT2D eigenvalue weighted by Crippen LogP contribution is -2.08.